The third kappa shape index (κ3) is 4.35. The summed E-state index contributed by atoms with van der Waals surface area (Å²) in [5, 5.41) is 0.465. The molecule has 0 aliphatic carbocycles. The van der Waals surface area contributed by atoms with Gasteiger partial charge >= 0.3 is 0 Å². The highest BCUT2D eigenvalue weighted by molar-refractivity contribution is 7.91. The SMILES string of the molecule is Cc1ccc(S(=O)(=O)c2ccc(-c3ccc(S(=O)(=O)c4ccc(Cl)cc4)cc3)cc2)cc1. The second-order valence-electron chi connectivity index (χ2n) is 7.32. The molecule has 0 bridgehead atoms. The highest BCUT2D eigenvalue weighted by Gasteiger charge is 2.19. The van der Waals surface area contributed by atoms with Gasteiger partial charge in [-0.15, -0.1) is 0 Å². The Morgan fingerprint density at radius 3 is 1.09 bits per heavy atom. The Hall–Kier alpha value is -2.93. The van der Waals surface area contributed by atoms with Gasteiger partial charge in [-0.1, -0.05) is 53.6 Å². The topological polar surface area (TPSA) is 68.3 Å². The van der Waals surface area contributed by atoms with Crippen LogP contribution in [0.25, 0.3) is 11.1 Å². The zero-order chi connectivity index (χ0) is 22.9. The maximum absolute atomic E-state index is 12.8. The average molecular weight is 483 g/mol. The molecule has 4 nitrogen and oxygen atoms in total. The van der Waals surface area contributed by atoms with Gasteiger partial charge in [0.2, 0.25) is 19.7 Å². The minimum atomic E-state index is -3.65. The molecule has 0 amide bonds. The molecule has 7 heteroatoms. The van der Waals surface area contributed by atoms with Gasteiger partial charge in [-0.05, 0) is 78.7 Å². The Labute approximate surface area is 193 Å². The van der Waals surface area contributed by atoms with Gasteiger partial charge in [-0.3, -0.25) is 0 Å². The lowest BCUT2D eigenvalue weighted by molar-refractivity contribution is 0.594. The van der Waals surface area contributed by atoms with E-state index >= 15 is 0 Å². The zero-order valence-electron chi connectivity index (χ0n) is 17.1. The van der Waals surface area contributed by atoms with Crippen molar-refractivity contribution in [2.75, 3.05) is 0 Å². The summed E-state index contributed by atoms with van der Waals surface area (Å²) in [6.07, 6.45) is 0. The molecule has 0 aromatic heterocycles. The summed E-state index contributed by atoms with van der Waals surface area (Å²) < 4.78 is 51.2. The van der Waals surface area contributed by atoms with Crippen molar-refractivity contribution in [2.45, 2.75) is 26.5 Å². The molecule has 4 aromatic rings. The lowest BCUT2D eigenvalue weighted by atomic mass is 10.1. The van der Waals surface area contributed by atoms with E-state index in [9.17, 15) is 16.8 Å². The van der Waals surface area contributed by atoms with Gasteiger partial charge in [0.15, 0.2) is 0 Å². The Morgan fingerprint density at radius 2 is 0.750 bits per heavy atom. The van der Waals surface area contributed by atoms with E-state index in [2.05, 4.69) is 0 Å². The van der Waals surface area contributed by atoms with E-state index in [0.29, 0.717) is 5.02 Å². The van der Waals surface area contributed by atoms with Gasteiger partial charge in [0, 0.05) is 5.02 Å². The predicted molar refractivity (Wildman–Crippen MR) is 125 cm³/mol. The molecular formula is C25H19ClO4S2. The van der Waals surface area contributed by atoms with Crippen molar-refractivity contribution >= 4 is 31.3 Å². The minimum absolute atomic E-state index is 0.167. The molecule has 0 aliphatic heterocycles. The normalized spacial score (nSPS) is 11.9. The van der Waals surface area contributed by atoms with Gasteiger partial charge in [0.05, 0.1) is 19.6 Å². The first kappa shape index (κ1) is 22.3. The zero-order valence-corrected chi connectivity index (χ0v) is 19.5. The van der Waals surface area contributed by atoms with Crippen LogP contribution in [0.1, 0.15) is 5.56 Å². The number of rotatable bonds is 5. The third-order valence-electron chi connectivity index (χ3n) is 5.12. The Morgan fingerprint density at radius 1 is 0.469 bits per heavy atom. The maximum Gasteiger partial charge on any atom is 0.206 e. The van der Waals surface area contributed by atoms with Crippen LogP contribution < -0.4 is 0 Å². The standard InChI is InChI=1S/C25H19ClO4S2/c1-18-2-10-22(11-3-18)31(27,28)23-12-4-19(5-13-23)20-6-14-24(15-7-20)32(29,30)25-16-8-21(26)9-17-25/h2-17H,1H3. The van der Waals surface area contributed by atoms with E-state index in [1.54, 1.807) is 60.7 Å². The van der Waals surface area contributed by atoms with Gasteiger partial charge in [0.1, 0.15) is 0 Å². The van der Waals surface area contributed by atoms with E-state index in [0.717, 1.165) is 16.7 Å². The monoisotopic (exact) mass is 482 g/mol. The molecule has 0 aliphatic rings. The fraction of sp³-hybridized carbons (Fsp3) is 0.0400. The summed E-state index contributed by atoms with van der Waals surface area (Å²) in [6, 6.07) is 25.8. The van der Waals surface area contributed by atoms with Crippen molar-refractivity contribution in [1.29, 1.82) is 0 Å². The van der Waals surface area contributed by atoms with Crippen LogP contribution in [0.2, 0.25) is 5.02 Å². The first-order valence-electron chi connectivity index (χ1n) is 9.71. The number of hydrogen-bond donors (Lipinski definition) is 0. The largest absolute Gasteiger partial charge is 0.219 e. The van der Waals surface area contributed by atoms with Crippen LogP contribution in [0.5, 0.6) is 0 Å². The van der Waals surface area contributed by atoms with E-state index < -0.39 is 19.7 Å². The number of aryl methyl sites for hydroxylation is 1. The summed E-state index contributed by atoms with van der Waals surface area (Å²) in [5.41, 5.74) is 2.54. The predicted octanol–water partition coefficient (Wildman–Crippen LogP) is 5.98. The highest BCUT2D eigenvalue weighted by Crippen LogP contribution is 2.28. The molecular weight excluding hydrogens is 464 g/mol. The van der Waals surface area contributed by atoms with Crippen LogP contribution in [-0.2, 0) is 19.7 Å². The first-order valence-corrected chi connectivity index (χ1v) is 13.1. The lowest BCUT2D eigenvalue weighted by Crippen LogP contribution is -2.02. The Balaban J connectivity index is 1.60. The highest BCUT2D eigenvalue weighted by atomic mass is 35.5. The number of hydrogen-bond acceptors (Lipinski definition) is 4. The minimum Gasteiger partial charge on any atom is -0.219 e. The molecule has 0 saturated carbocycles. The summed E-state index contributed by atoms with van der Waals surface area (Å²) in [4.78, 5) is 0.780. The fourth-order valence-corrected chi connectivity index (χ4v) is 5.90. The number of halogens is 1. The van der Waals surface area contributed by atoms with Crippen molar-refractivity contribution in [3.63, 3.8) is 0 Å². The van der Waals surface area contributed by atoms with Crippen LogP contribution in [0.15, 0.2) is 117 Å². The van der Waals surface area contributed by atoms with Crippen molar-refractivity contribution in [1.82, 2.24) is 0 Å². The van der Waals surface area contributed by atoms with Crippen LogP contribution in [0, 0.1) is 6.92 Å². The molecule has 0 radical (unpaired) electrons. The molecule has 32 heavy (non-hydrogen) atoms. The van der Waals surface area contributed by atoms with Crippen molar-refractivity contribution in [3.8, 4) is 11.1 Å². The second kappa shape index (κ2) is 8.54. The van der Waals surface area contributed by atoms with E-state index in [4.69, 9.17) is 11.6 Å². The van der Waals surface area contributed by atoms with Crippen LogP contribution in [0.3, 0.4) is 0 Å². The molecule has 0 unspecified atom stereocenters. The molecule has 162 valence electrons. The average Bonchev–Trinajstić information content (AvgIpc) is 2.80. The van der Waals surface area contributed by atoms with Gasteiger partial charge in [0.25, 0.3) is 0 Å². The summed E-state index contributed by atoms with van der Waals surface area (Å²) in [7, 11) is -7.26. The second-order valence-corrected chi connectivity index (χ2v) is 11.7. The molecule has 0 spiro atoms. The molecule has 0 atom stereocenters. The molecule has 0 heterocycles. The van der Waals surface area contributed by atoms with E-state index in [1.165, 1.54) is 36.4 Å². The van der Waals surface area contributed by atoms with Crippen LogP contribution in [-0.4, -0.2) is 16.8 Å². The van der Waals surface area contributed by atoms with Crippen LogP contribution >= 0.6 is 11.6 Å². The van der Waals surface area contributed by atoms with Gasteiger partial charge in [-0.25, -0.2) is 16.8 Å². The quantitative estimate of drug-likeness (QED) is 0.351. The summed E-state index contributed by atoms with van der Waals surface area (Å²) in [6.45, 7) is 1.90. The molecule has 0 saturated heterocycles. The molecule has 0 N–H and O–H groups in total. The smallest absolute Gasteiger partial charge is 0.206 e. The summed E-state index contributed by atoms with van der Waals surface area (Å²) in [5.74, 6) is 0. The van der Waals surface area contributed by atoms with E-state index in [-0.39, 0.29) is 19.6 Å². The first-order chi connectivity index (χ1) is 15.2. The molecule has 4 rings (SSSR count). The van der Waals surface area contributed by atoms with Crippen LogP contribution in [0.4, 0.5) is 0 Å². The van der Waals surface area contributed by atoms with Gasteiger partial charge in [-0.2, -0.15) is 0 Å². The lowest BCUT2D eigenvalue weighted by Gasteiger charge is -2.08. The summed E-state index contributed by atoms with van der Waals surface area (Å²) >= 11 is 5.84. The van der Waals surface area contributed by atoms with Gasteiger partial charge < -0.3 is 0 Å². The third-order valence-corrected chi connectivity index (χ3v) is 8.94. The van der Waals surface area contributed by atoms with Crippen molar-refractivity contribution < 1.29 is 16.8 Å². The Kier molecular flexibility index (Phi) is 5.95. The van der Waals surface area contributed by atoms with E-state index in [1.807, 2.05) is 6.92 Å². The number of sulfone groups is 2. The molecule has 0 fully saturated rings. The Bertz CT molecular complexity index is 1340. The maximum atomic E-state index is 12.8. The van der Waals surface area contributed by atoms with Crippen molar-refractivity contribution in [3.05, 3.63) is 108 Å². The van der Waals surface area contributed by atoms with Crippen molar-refractivity contribution in [2.24, 2.45) is 0 Å². The number of benzene rings is 4. The molecule has 4 aromatic carbocycles. The fourth-order valence-electron chi connectivity index (χ4n) is 3.26.